The summed E-state index contributed by atoms with van der Waals surface area (Å²) in [4.78, 5) is 11.9. The van der Waals surface area contributed by atoms with Crippen molar-refractivity contribution in [2.45, 2.75) is 39.2 Å². The number of benzene rings is 1. The Hall–Kier alpha value is -2.23. The Kier molecular flexibility index (Phi) is 5.64. The van der Waals surface area contributed by atoms with E-state index in [1.807, 2.05) is 43.3 Å². The molecule has 1 amide bonds. The van der Waals surface area contributed by atoms with Gasteiger partial charge in [-0.1, -0.05) is 26.0 Å². The van der Waals surface area contributed by atoms with Crippen LogP contribution in [0.1, 0.15) is 38.0 Å². The molecule has 1 unspecified atom stereocenters. The van der Waals surface area contributed by atoms with Crippen LogP contribution < -0.4 is 10.1 Å². The van der Waals surface area contributed by atoms with Gasteiger partial charge in [-0.3, -0.25) is 4.79 Å². The van der Waals surface area contributed by atoms with E-state index in [1.54, 1.807) is 6.26 Å². The van der Waals surface area contributed by atoms with Crippen LogP contribution in [0.5, 0.6) is 5.75 Å². The van der Waals surface area contributed by atoms with Gasteiger partial charge in [-0.25, -0.2) is 0 Å². The molecule has 4 heteroatoms. The molecule has 0 fully saturated rings. The molecule has 0 aliphatic carbocycles. The lowest BCUT2D eigenvalue weighted by Crippen LogP contribution is -2.37. The topological polar surface area (TPSA) is 51.5 Å². The van der Waals surface area contributed by atoms with Crippen LogP contribution in [0.3, 0.4) is 0 Å². The van der Waals surface area contributed by atoms with E-state index in [-0.39, 0.29) is 18.6 Å². The van der Waals surface area contributed by atoms with Crippen LogP contribution in [0.2, 0.25) is 0 Å². The first-order chi connectivity index (χ1) is 10.5. The molecule has 0 aliphatic rings. The number of amides is 1. The molecule has 118 valence electrons. The van der Waals surface area contributed by atoms with Gasteiger partial charge >= 0.3 is 0 Å². The number of hydrogen-bond acceptors (Lipinski definition) is 3. The minimum Gasteiger partial charge on any atom is -0.484 e. The van der Waals surface area contributed by atoms with Gasteiger partial charge in [-0.2, -0.15) is 0 Å². The molecule has 1 aromatic carbocycles. The molecular formula is C18H23NO3. The first-order valence-corrected chi connectivity index (χ1v) is 7.59. The molecular weight excluding hydrogens is 278 g/mol. The zero-order valence-corrected chi connectivity index (χ0v) is 13.3. The summed E-state index contributed by atoms with van der Waals surface area (Å²) >= 11 is 0. The smallest absolute Gasteiger partial charge is 0.258 e. The quantitative estimate of drug-likeness (QED) is 0.851. The van der Waals surface area contributed by atoms with Crippen LogP contribution in [0, 0.1) is 0 Å². The third-order valence-electron chi connectivity index (χ3n) is 3.41. The highest BCUT2D eigenvalue weighted by Gasteiger charge is 2.10. The molecule has 0 aliphatic heterocycles. The number of nitrogens with one attached hydrogen (secondary N) is 1. The molecule has 1 aromatic heterocycles. The van der Waals surface area contributed by atoms with E-state index in [2.05, 4.69) is 19.2 Å². The molecule has 4 nitrogen and oxygen atoms in total. The third kappa shape index (κ3) is 4.95. The fourth-order valence-corrected chi connectivity index (χ4v) is 2.20. The zero-order valence-electron chi connectivity index (χ0n) is 13.3. The highest BCUT2D eigenvalue weighted by Crippen LogP contribution is 2.18. The van der Waals surface area contributed by atoms with Crippen LogP contribution in [-0.2, 0) is 11.2 Å². The molecule has 0 radical (unpaired) electrons. The number of carbonyl (C=O) groups is 1. The molecule has 0 saturated carbocycles. The zero-order chi connectivity index (χ0) is 15.9. The second kappa shape index (κ2) is 7.69. The van der Waals surface area contributed by atoms with Crippen molar-refractivity contribution in [2.24, 2.45) is 0 Å². The van der Waals surface area contributed by atoms with Gasteiger partial charge < -0.3 is 14.5 Å². The van der Waals surface area contributed by atoms with Crippen LogP contribution >= 0.6 is 0 Å². The summed E-state index contributed by atoms with van der Waals surface area (Å²) in [6.45, 7) is 6.24. The Morgan fingerprint density at radius 2 is 1.91 bits per heavy atom. The van der Waals surface area contributed by atoms with Crippen molar-refractivity contribution in [3.05, 3.63) is 54.0 Å². The van der Waals surface area contributed by atoms with Gasteiger partial charge in [-0.15, -0.1) is 0 Å². The van der Waals surface area contributed by atoms with Gasteiger partial charge in [0, 0.05) is 12.5 Å². The Morgan fingerprint density at radius 1 is 1.18 bits per heavy atom. The molecule has 1 N–H and O–H groups in total. The van der Waals surface area contributed by atoms with E-state index in [0.717, 1.165) is 5.76 Å². The Morgan fingerprint density at radius 3 is 2.50 bits per heavy atom. The maximum absolute atomic E-state index is 11.9. The SMILES string of the molecule is CC(Cc1ccco1)NC(=O)COc1ccc(C(C)C)cc1. The largest absolute Gasteiger partial charge is 0.484 e. The molecule has 2 aromatic rings. The molecule has 2 rings (SSSR count). The molecule has 0 bridgehead atoms. The van der Waals surface area contributed by atoms with E-state index >= 15 is 0 Å². The van der Waals surface area contributed by atoms with E-state index in [0.29, 0.717) is 18.1 Å². The van der Waals surface area contributed by atoms with Crippen molar-refractivity contribution in [2.75, 3.05) is 6.61 Å². The summed E-state index contributed by atoms with van der Waals surface area (Å²) in [5, 5.41) is 2.89. The Bertz CT molecular complexity index is 573. The monoisotopic (exact) mass is 301 g/mol. The normalized spacial score (nSPS) is 12.2. The lowest BCUT2D eigenvalue weighted by atomic mass is 10.0. The van der Waals surface area contributed by atoms with Gasteiger partial charge in [0.2, 0.25) is 0 Å². The van der Waals surface area contributed by atoms with Crippen molar-refractivity contribution in [3.8, 4) is 5.75 Å². The predicted molar refractivity (Wildman–Crippen MR) is 86.0 cm³/mol. The third-order valence-corrected chi connectivity index (χ3v) is 3.41. The number of furan rings is 1. The second-order valence-corrected chi connectivity index (χ2v) is 5.76. The van der Waals surface area contributed by atoms with Gasteiger partial charge in [-0.05, 0) is 42.7 Å². The minimum atomic E-state index is -0.132. The fraction of sp³-hybridized carbons (Fsp3) is 0.389. The summed E-state index contributed by atoms with van der Waals surface area (Å²) in [6, 6.07) is 11.6. The van der Waals surface area contributed by atoms with Crippen molar-refractivity contribution in [1.29, 1.82) is 0 Å². The highest BCUT2D eigenvalue weighted by atomic mass is 16.5. The lowest BCUT2D eigenvalue weighted by molar-refractivity contribution is -0.123. The van der Waals surface area contributed by atoms with Gasteiger partial charge in [0.15, 0.2) is 6.61 Å². The average molecular weight is 301 g/mol. The lowest BCUT2D eigenvalue weighted by Gasteiger charge is -2.13. The summed E-state index contributed by atoms with van der Waals surface area (Å²) in [7, 11) is 0. The predicted octanol–water partition coefficient (Wildman–Crippen LogP) is 3.53. The van der Waals surface area contributed by atoms with Crippen LogP contribution in [-0.4, -0.2) is 18.6 Å². The van der Waals surface area contributed by atoms with Crippen LogP contribution in [0.4, 0.5) is 0 Å². The number of rotatable bonds is 7. The summed E-state index contributed by atoms with van der Waals surface area (Å²) in [6.07, 6.45) is 2.30. The summed E-state index contributed by atoms with van der Waals surface area (Å²) < 4.78 is 10.8. The fourth-order valence-electron chi connectivity index (χ4n) is 2.20. The number of ether oxygens (including phenoxy) is 1. The Balaban J connectivity index is 1.75. The molecule has 0 saturated heterocycles. The van der Waals surface area contributed by atoms with Gasteiger partial charge in [0.05, 0.1) is 6.26 Å². The molecule has 1 heterocycles. The minimum absolute atomic E-state index is 0.00515. The average Bonchev–Trinajstić information content (AvgIpc) is 2.98. The number of hydrogen-bond donors (Lipinski definition) is 1. The van der Waals surface area contributed by atoms with E-state index in [1.165, 1.54) is 5.56 Å². The number of carbonyl (C=O) groups excluding carboxylic acids is 1. The van der Waals surface area contributed by atoms with Crippen LogP contribution in [0.25, 0.3) is 0 Å². The van der Waals surface area contributed by atoms with E-state index in [9.17, 15) is 4.79 Å². The summed E-state index contributed by atoms with van der Waals surface area (Å²) in [5.74, 6) is 1.92. The standard InChI is InChI=1S/C18H23NO3/c1-13(2)15-6-8-16(9-7-15)22-12-18(20)19-14(3)11-17-5-4-10-21-17/h4-10,13-14H,11-12H2,1-3H3,(H,19,20). The Labute approximate surface area is 131 Å². The first kappa shape index (κ1) is 16.1. The van der Waals surface area contributed by atoms with E-state index in [4.69, 9.17) is 9.15 Å². The van der Waals surface area contributed by atoms with Crippen molar-refractivity contribution in [1.82, 2.24) is 5.32 Å². The van der Waals surface area contributed by atoms with Crippen molar-refractivity contribution < 1.29 is 13.9 Å². The molecule has 1 atom stereocenters. The van der Waals surface area contributed by atoms with Crippen molar-refractivity contribution >= 4 is 5.91 Å². The molecule has 0 spiro atoms. The second-order valence-electron chi connectivity index (χ2n) is 5.76. The van der Waals surface area contributed by atoms with Gasteiger partial charge in [0.25, 0.3) is 5.91 Å². The van der Waals surface area contributed by atoms with Crippen molar-refractivity contribution in [3.63, 3.8) is 0 Å². The molecule has 22 heavy (non-hydrogen) atoms. The van der Waals surface area contributed by atoms with Crippen LogP contribution in [0.15, 0.2) is 47.1 Å². The summed E-state index contributed by atoms with van der Waals surface area (Å²) in [5.41, 5.74) is 1.25. The maximum Gasteiger partial charge on any atom is 0.258 e. The maximum atomic E-state index is 11.9. The first-order valence-electron chi connectivity index (χ1n) is 7.59. The van der Waals surface area contributed by atoms with E-state index < -0.39 is 0 Å². The van der Waals surface area contributed by atoms with Gasteiger partial charge in [0.1, 0.15) is 11.5 Å². The highest BCUT2D eigenvalue weighted by molar-refractivity contribution is 5.77.